The molecule has 1 aromatic heterocycles. The van der Waals surface area contributed by atoms with Gasteiger partial charge in [-0.05, 0) is 53.5 Å². The maximum atomic E-state index is 4.47. The minimum atomic E-state index is 0.901. The van der Waals surface area contributed by atoms with Crippen LogP contribution in [0.1, 0.15) is 12.5 Å². The summed E-state index contributed by atoms with van der Waals surface area (Å²) in [6.45, 7) is 5.11. The zero-order valence-electron chi connectivity index (χ0n) is 10.0. The summed E-state index contributed by atoms with van der Waals surface area (Å²) in [5, 5.41) is 0. The molecule has 0 saturated heterocycles. The maximum Gasteiger partial charge on any atom is 0.133 e. The van der Waals surface area contributed by atoms with Crippen LogP contribution in [-0.2, 0) is 0 Å². The molecular weight excluding hydrogens is 276 g/mol. The van der Waals surface area contributed by atoms with Gasteiger partial charge in [-0.3, -0.25) is 0 Å². The Balaban J connectivity index is 2.39. The zero-order valence-corrected chi connectivity index (χ0v) is 11.6. The number of hydrogen-bond acceptors (Lipinski definition) is 2. The molecule has 0 amide bonds. The van der Waals surface area contributed by atoms with Crippen molar-refractivity contribution in [1.82, 2.24) is 4.98 Å². The van der Waals surface area contributed by atoms with Gasteiger partial charge >= 0.3 is 0 Å². The van der Waals surface area contributed by atoms with E-state index >= 15 is 0 Å². The fourth-order valence-corrected chi connectivity index (χ4v) is 1.97. The number of aromatic nitrogens is 1. The Hall–Kier alpha value is -1.35. The number of halogens is 1. The number of nitrogens with zero attached hydrogens (tertiary/aromatic N) is 2. The summed E-state index contributed by atoms with van der Waals surface area (Å²) in [6, 6.07) is 12.4. The highest BCUT2D eigenvalue weighted by Crippen LogP contribution is 2.25. The smallest absolute Gasteiger partial charge is 0.133 e. The minimum absolute atomic E-state index is 0.901. The van der Waals surface area contributed by atoms with Crippen molar-refractivity contribution in [2.24, 2.45) is 0 Å². The Morgan fingerprint density at radius 2 is 1.94 bits per heavy atom. The molecule has 0 spiro atoms. The number of anilines is 2. The molecule has 88 valence electrons. The number of rotatable bonds is 3. The molecule has 0 N–H and O–H groups in total. The van der Waals surface area contributed by atoms with E-state index in [-0.39, 0.29) is 0 Å². The summed E-state index contributed by atoms with van der Waals surface area (Å²) in [5.74, 6) is 0.986. The fraction of sp³-hybridized carbons (Fsp3) is 0.214. The van der Waals surface area contributed by atoms with Crippen LogP contribution in [0.15, 0.2) is 47.1 Å². The van der Waals surface area contributed by atoms with E-state index in [1.807, 2.05) is 24.4 Å². The third kappa shape index (κ3) is 2.67. The first-order chi connectivity index (χ1) is 8.22. The van der Waals surface area contributed by atoms with Gasteiger partial charge in [-0.1, -0.05) is 18.2 Å². The minimum Gasteiger partial charge on any atom is -0.327 e. The zero-order chi connectivity index (χ0) is 12.3. The van der Waals surface area contributed by atoms with Gasteiger partial charge in [-0.25, -0.2) is 4.98 Å². The quantitative estimate of drug-likeness (QED) is 0.837. The molecule has 0 aliphatic carbocycles. The van der Waals surface area contributed by atoms with Crippen LogP contribution in [-0.4, -0.2) is 11.5 Å². The van der Waals surface area contributed by atoms with Gasteiger partial charge in [-0.15, -0.1) is 0 Å². The lowest BCUT2D eigenvalue weighted by Crippen LogP contribution is -2.17. The molecule has 0 aliphatic heterocycles. The van der Waals surface area contributed by atoms with Crippen LogP contribution in [0.25, 0.3) is 0 Å². The van der Waals surface area contributed by atoms with Crippen molar-refractivity contribution < 1.29 is 0 Å². The molecule has 1 heterocycles. The Labute approximate surface area is 110 Å². The number of benzene rings is 1. The predicted molar refractivity (Wildman–Crippen MR) is 75.8 cm³/mol. The summed E-state index contributed by atoms with van der Waals surface area (Å²) in [7, 11) is 0. The van der Waals surface area contributed by atoms with E-state index < -0.39 is 0 Å². The normalized spacial score (nSPS) is 10.3. The lowest BCUT2D eigenvalue weighted by Gasteiger charge is -2.22. The van der Waals surface area contributed by atoms with Crippen LogP contribution >= 0.6 is 15.9 Å². The van der Waals surface area contributed by atoms with Crippen molar-refractivity contribution in [2.75, 3.05) is 11.4 Å². The van der Waals surface area contributed by atoms with Gasteiger partial charge in [0.1, 0.15) is 5.82 Å². The van der Waals surface area contributed by atoms with Crippen molar-refractivity contribution in [2.45, 2.75) is 13.8 Å². The molecule has 0 aliphatic rings. The summed E-state index contributed by atoms with van der Waals surface area (Å²) >= 11 is 3.48. The first-order valence-corrected chi connectivity index (χ1v) is 6.46. The molecule has 2 rings (SSSR count). The van der Waals surface area contributed by atoms with Gasteiger partial charge in [0.2, 0.25) is 0 Å². The number of para-hydroxylation sites is 1. The Kier molecular flexibility index (Phi) is 3.79. The molecule has 17 heavy (non-hydrogen) atoms. The fourth-order valence-electron chi connectivity index (χ4n) is 1.76. The molecule has 0 radical (unpaired) electrons. The average molecular weight is 291 g/mol. The molecule has 3 heteroatoms. The highest BCUT2D eigenvalue weighted by Gasteiger charge is 2.08. The van der Waals surface area contributed by atoms with E-state index in [1.165, 1.54) is 11.3 Å². The van der Waals surface area contributed by atoms with Gasteiger partial charge in [0.15, 0.2) is 0 Å². The van der Waals surface area contributed by atoms with Gasteiger partial charge in [-0.2, -0.15) is 0 Å². The van der Waals surface area contributed by atoms with Crippen LogP contribution in [0.4, 0.5) is 11.5 Å². The van der Waals surface area contributed by atoms with Crippen molar-refractivity contribution in [3.63, 3.8) is 0 Å². The molecule has 0 unspecified atom stereocenters. The highest BCUT2D eigenvalue weighted by molar-refractivity contribution is 9.10. The van der Waals surface area contributed by atoms with E-state index in [2.05, 4.69) is 57.9 Å². The predicted octanol–water partition coefficient (Wildman–Crippen LogP) is 4.31. The lowest BCUT2D eigenvalue weighted by molar-refractivity contribution is 0.985. The summed E-state index contributed by atoms with van der Waals surface area (Å²) in [5.41, 5.74) is 2.37. The molecule has 0 atom stereocenters. The Morgan fingerprint density at radius 3 is 2.53 bits per heavy atom. The molecule has 0 bridgehead atoms. The molecular formula is C14H15BrN2. The Morgan fingerprint density at radius 1 is 1.24 bits per heavy atom. The van der Waals surface area contributed by atoms with E-state index in [9.17, 15) is 0 Å². The Bertz CT molecular complexity index is 497. The first kappa shape index (κ1) is 12.1. The van der Waals surface area contributed by atoms with E-state index in [1.54, 1.807) is 0 Å². The van der Waals surface area contributed by atoms with E-state index in [0.29, 0.717) is 0 Å². The first-order valence-electron chi connectivity index (χ1n) is 5.67. The summed E-state index contributed by atoms with van der Waals surface area (Å²) in [6.07, 6.45) is 1.86. The molecule has 2 nitrogen and oxygen atoms in total. The number of pyridine rings is 1. The number of aryl methyl sites for hydroxylation is 1. The largest absolute Gasteiger partial charge is 0.327 e. The van der Waals surface area contributed by atoms with Crippen LogP contribution in [0.3, 0.4) is 0 Å². The van der Waals surface area contributed by atoms with Crippen molar-refractivity contribution >= 4 is 27.4 Å². The second-order valence-electron chi connectivity index (χ2n) is 3.87. The van der Waals surface area contributed by atoms with Crippen molar-refractivity contribution in [1.29, 1.82) is 0 Å². The van der Waals surface area contributed by atoms with Gasteiger partial charge in [0.05, 0.1) is 0 Å². The summed E-state index contributed by atoms with van der Waals surface area (Å²) in [4.78, 5) is 6.66. The summed E-state index contributed by atoms with van der Waals surface area (Å²) < 4.78 is 1.05. The molecule has 0 fully saturated rings. The van der Waals surface area contributed by atoms with Crippen LogP contribution in [0, 0.1) is 6.92 Å². The van der Waals surface area contributed by atoms with E-state index in [4.69, 9.17) is 0 Å². The highest BCUT2D eigenvalue weighted by atomic mass is 79.9. The second kappa shape index (κ2) is 5.32. The third-order valence-electron chi connectivity index (χ3n) is 2.69. The third-order valence-corrected chi connectivity index (χ3v) is 3.52. The lowest BCUT2D eigenvalue weighted by atomic mass is 10.2. The van der Waals surface area contributed by atoms with Crippen LogP contribution < -0.4 is 4.90 Å². The van der Waals surface area contributed by atoms with E-state index in [0.717, 1.165) is 16.8 Å². The monoisotopic (exact) mass is 290 g/mol. The van der Waals surface area contributed by atoms with Crippen molar-refractivity contribution in [3.8, 4) is 0 Å². The second-order valence-corrected chi connectivity index (χ2v) is 4.73. The average Bonchev–Trinajstić information content (AvgIpc) is 2.36. The SMILES string of the molecule is CCN(c1ccccc1)c1cc(C)c(Br)cn1. The van der Waals surface area contributed by atoms with Crippen LogP contribution in [0.2, 0.25) is 0 Å². The van der Waals surface area contributed by atoms with Crippen LogP contribution in [0.5, 0.6) is 0 Å². The van der Waals surface area contributed by atoms with Gasteiger partial charge in [0.25, 0.3) is 0 Å². The maximum absolute atomic E-state index is 4.47. The standard InChI is InChI=1S/C14H15BrN2/c1-3-17(12-7-5-4-6-8-12)14-9-11(2)13(15)10-16-14/h4-10H,3H2,1-2H3. The number of hydrogen-bond donors (Lipinski definition) is 0. The topological polar surface area (TPSA) is 16.1 Å². The molecule has 1 aromatic carbocycles. The molecule has 0 saturated carbocycles. The van der Waals surface area contributed by atoms with Gasteiger partial charge in [0, 0.05) is 22.9 Å². The van der Waals surface area contributed by atoms with Crippen molar-refractivity contribution in [3.05, 3.63) is 52.6 Å². The molecule has 2 aromatic rings. The van der Waals surface area contributed by atoms with Gasteiger partial charge < -0.3 is 4.90 Å².